The average molecular weight is 413 g/mol. The zero-order chi connectivity index (χ0) is 21.5. The molecule has 0 unspecified atom stereocenters. The van der Waals surface area contributed by atoms with Crippen LogP contribution in [-0.4, -0.2) is 11.8 Å². The lowest BCUT2D eigenvalue weighted by molar-refractivity contribution is 0.163. The molecule has 0 amide bonds. The highest BCUT2D eigenvalue weighted by atomic mass is 19.1. The van der Waals surface area contributed by atoms with Gasteiger partial charge in [-0.25, -0.2) is 8.78 Å². The van der Waals surface area contributed by atoms with Gasteiger partial charge in [-0.3, -0.25) is 4.79 Å². The van der Waals surface area contributed by atoms with Gasteiger partial charge >= 0.3 is 0 Å². The Labute approximate surface area is 177 Å². The Morgan fingerprint density at radius 2 is 1.35 bits per heavy atom. The highest BCUT2D eigenvalue weighted by Crippen LogP contribution is 2.42. The number of pyridine rings is 1. The molecule has 3 aromatic rings. The number of nitrogens with zero attached hydrogens (tertiary/aromatic N) is 1. The molecule has 3 nitrogen and oxygen atoms in total. The number of aromatic nitrogens is 1. The van der Waals surface area contributed by atoms with Gasteiger partial charge < -0.3 is 4.84 Å². The van der Waals surface area contributed by atoms with Gasteiger partial charge in [-0.1, -0.05) is 42.5 Å². The third kappa shape index (κ3) is 3.06. The maximum absolute atomic E-state index is 13.7. The predicted octanol–water partition coefficient (Wildman–Crippen LogP) is 5.78. The van der Waals surface area contributed by atoms with E-state index in [1.165, 1.54) is 36.1 Å². The molecule has 0 bridgehead atoms. The van der Waals surface area contributed by atoms with E-state index >= 15 is 0 Å². The minimum absolute atomic E-state index is 0.316. The maximum Gasteiger partial charge on any atom is 0.292 e. The number of benzene rings is 2. The van der Waals surface area contributed by atoms with Crippen LogP contribution in [0.3, 0.4) is 0 Å². The first-order valence-corrected chi connectivity index (χ1v) is 9.75. The van der Waals surface area contributed by atoms with E-state index in [9.17, 15) is 13.6 Å². The second kappa shape index (κ2) is 7.36. The van der Waals surface area contributed by atoms with Crippen LogP contribution >= 0.6 is 0 Å². The summed E-state index contributed by atoms with van der Waals surface area (Å²) < 4.78 is 28.5. The zero-order valence-electron chi connectivity index (χ0n) is 16.6. The minimum Gasteiger partial charge on any atom is -0.413 e. The first-order valence-electron chi connectivity index (χ1n) is 9.75. The second-order valence-electron chi connectivity index (χ2n) is 7.23. The van der Waals surface area contributed by atoms with Crippen LogP contribution in [0.5, 0.6) is 0 Å². The molecule has 2 aromatic carbocycles. The molecule has 0 N–H and O–H groups in total. The Hall–Kier alpha value is -3.99. The van der Waals surface area contributed by atoms with E-state index in [0.29, 0.717) is 22.2 Å². The lowest BCUT2D eigenvalue weighted by Gasteiger charge is -2.18. The average Bonchev–Trinajstić information content (AvgIpc) is 2.97. The van der Waals surface area contributed by atoms with Crippen molar-refractivity contribution in [3.05, 3.63) is 107 Å². The van der Waals surface area contributed by atoms with Crippen LogP contribution in [0.1, 0.15) is 0 Å². The van der Waals surface area contributed by atoms with Gasteiger partial charge in [-0.15, -0.1) is 4.73 Å². The van der Waals surface area contributed by atoms with Gasteiger partial charge in [0, 0.05) is 11.1 Å². The maximum atomic E-state index is 13.7. The topological polar surface area (TPSA) is 31.2 Å². The molecule has 5 rings (SSSR count). The van der Waals surface area contributed by atoms with Crippen molar-refractivity contribution in [3.63, 3.8) is 0 Å². The zero-order valence-corrected chi connectivity index (χ0v) is 16.6. The van der Waals surface area contributed by atoms with E-state index in [1.807, 2.05) is 36.4 Å². The molecule has 0 atom stereocenters. The normalized spacial score (nSPS) is 11.2. The van der Waals surface area contributed by atoms with Crippen LogP contribution in [0.4, 0.5) is 8.78 Å². The standard InChI is InChI=1S/C26H17F2NO2/c1-31-29-25(17-9-13-20(28)14-10-17)23(16-7-11-19(27)12-8-16)22-15-18-5-3-2-4-6-21(18)24(22)26(29)30/h2-15H,1H3. The van der Waals surface area contributed by atoms with Crippen LogP contribution in [0.15, 0.2) is 89.7 Å². The molecule has 2 aliphatic carbocycles. The van der Waals surface area contributed by atoms with Crippen molar-refractivity contribution in [3.8, 4) is 33.5 Å². The molecule has 0 spiro atoms. The van der Waals surface area contributed by atoms with Gasteiger partial charge in [0.2, 0.25) is 0 Å². The molecule has 2 aliphatic rings. The molecule has 0 radical (unpaired) electrons. The first-order chi connectivity index (χ1) is 15.1. The highest BCUT2D eigenvalue weighted by Gasteiger charge is 2.24. The van der Waals surface area contributed by atoms with E-state index in [-0.39, 0.29) is 17.2 Å². The third-order valence-electron chi connectivity index (χ3n) is 5.45. The molecule has 0 aliphatic heterocycles. The lowest BCUT2D eigenvalue weighted by Crippen LogP contribution is -2.27. The Kier molecular flexibility index (Phi) is 4.51. The van der Waals surface area contributed by atoms with E-state index in [1.54, 1.807) is 24.3 Å². The quantitative estimate of drug-likeness (QED) is 0.376. The second-order valence-corrected chi connectivity index (χ2v) is 7.23. The molecular weight excluding hydrogens is 396 g/mol. The molecule has 31 heavy (non-hydrogen) atoms. The van der Waals surface area contributed by atoms with Crippen molar-refractivity contribution in [1.29, 1.82) is 0 Å². The van der Waals surface area contributed by atoms with Gasteiger partial charge in [0.25, 0.3) is 5.56 Å². The lowest BCUT2D eigenvalue weighted by atomic mass is 9.95. The summed E-state index contributed by atoms with van der Waals surface area (Å²) in [6.45, 7) is 0. The fourth-order valence-corrected chi connectivity index (χ4v) is 4.10. The van der Waals surface area contributed by atoms with Crippen molar-refractivity contribution >= 4 is 10.8 Å². The third-order valence-corrected chi connectivity index (χ3v) is 5.45. The molecule has 152 valence electrons. The van der Waals surface area contributed by atoms with Crippen LogP contribution in [0, 0.1) is 11.6 Å². The smallest absolute Gasteiger partial charge is 0.292 e. The Balaban J connectivity index is 2.01. The summed E-state index contributed by atoms with van der Waals surface area (Å²) in [7, 11) is 1.42. The van der Waals surface area contributed by atoms with Crippen molar-refractivity contribution in [1.82, 2.24) is 4.73 Å². The molecule has 1 heterocycles. The minimum atomic E-state index is -0.383. The first kappa shape index (κ1) is 19.0. The fourth-order valence-electron chi connectivity index (χ4n) is 4.10. The fraction of sp³-hybridized carbons (Fsp3) is 0.0385. The van der Waals surface area contributed by atoms with Crippen LogP contribution in [-0.2, 0) is 0 Å². The summed E-state index contributed by atoms with van der Waals surface area (Å²) in [5.41, 5.74) is 3.90. The molecule has 5 heteroatoms. The molecule has 0 saturated carbocycles. The van der Waals surface area contributed by atoms with Crippen molar-refractivity contribution in [2.45, 2.75) is 0 Å². The summed E-state index contributed by atoms with van der Waals surface area (Å²) >= 11 is 0. The largest absolute Gasteiger partial charge is 0.413 e. The number of hydrogen-bond donors (Lipinski definition) is 0. The molecular formula is C26H17F2NO2. The van der Waals surface area contributed by atoms with Gasteiger partial charge in [0.05, 0.1) is 11.1 Å². The van der Waals surface area contributed by atoms with Gasteiger partial charge in [0.15, 0.2) is 0 Å². The van der Waals surface area contributed by atoms with Crippen LogP contribution in [0.25, 0.3) is 44.3 Å². The number of rotatable bonds is 3. The highest BCUT2D eigenvalue weighted by molar-refractivity contribution is 6.11. The van der Waals surface area contributed by atoms with E-state index < -0.39 is 0 Å². The van der Waals surface area contributed by atoms with E-state index in [0.717, 1.165) is 22.1 Å². The van der Waals surface area contributed by atoms with Crippen LogP contribution < -0.4 is 10.4 Å². The Bertz CT molecular complexity index is 1440. The molecule has 0 fully saturated rings. The number of halogens is 2. The van der Waals surface area contributed by atoms with E-state index in [2.05, 4.69) is 0 Å². The van der Waals surface area contributed by atoms with Crippen molar-refractivity contribution in [2.75, 3.05) is 7.11 Å². The van der Waals surface area contributed by atoms with Crippen molar-refractivity contribution < 1.29 is 13.6 Å². The summed E-state index contributed by atoms with van der Waals surface area (Å²) in [5, 5.41) is 1.24. The Morgan fingerprint density at radius 3 is 2.00 bits per heavy atom. The summed E-state index contributed by atoms with van der Waals surface area (Å²) in [5.74, 6) is -0.742. The van der Waals surface area contributed by atoms with Gasteiger partial charge in [-0.2, -0.15) is 0 Å². The number of fused-ring (bicyclic) bond motifs is 3. The number of hydrogen-bond acceptors (Lipinski definition) is 2. The van der Waals surface area contributed by atoms with Gasteiger partial charge in [0.1, 0.15) is 18.7 Å². The van der Waals surface area contributed by atoms with Gasteiger partial charge in [-0.05, 0) is 64.5 Å². The molecule has 1 aromatic heterocycles. The van der Waals surface area contributed by atoms with Crippen molar-refractivity contribution in [2.24, 2.45) is 0 Å². The summed E-state index contributed by atoms with van der Waals surface area (Å²) in [6.07, 6.45) is 0. The SMILES string of the molecule is COn1c(-c2ccc(F)cc2)c(-c2ccc(F)cc2)c2cc3cccccc-3c2c1=O. The monoisotopic (exact) mass is 413 g/mol. The predicted molar refractivity (Wildman–Crippen MR) is 118 cm³/mol. The van der Waals surface area contributed by atoms with E-state index in [4.69, 9.17) is 4.84 Å². The Morgan fingerprint density at radius 1 is 0.742 bits per heavy atom. The molecule has 0 saturated heterocycles. The summed E-state index contributed by atoms with van der Waals surface area (Å²) in [6, 6.07) is 23.4. The summed E-state index contributed by atoms with van der Waals surface area (Å²) in [4.78, 5) is 19.1. The van der Waals surface area contributed by atoms with Crippen LogP contribution in [0.2, 0.25) is 0 Å².